The van der Waals surface area contributed by atoms with Gasteiger partial charge in [-0.15, -0.1) is 5.10 Å². The predicted octanol–water partition coefficient (Wildman–Crippen LogP) is 1.28. The minimum absolute atomic E-state index is 0.423. The van der Waals surface area contributed by atoms with Crippen LogP contribution in [0.25, 0.3) is 0 Å². The number of rotatable bonds is 9. The van der Waals surface area contributed by atoms with Crippen molar-refractivity contribution in [3.8, 4) is 0 Å². The lowest BCUT2D eigenvalue weighted by Crippen LogP contribution is -2.34. The summed E-state index contributed by atoms with van der Waals surface area (Å²) in [4.78, 5) is 2.43. The van der Waals surface area contributed by atoms with Crippen LogP contribution in [-0.2, 0) is 17.8 Å². The van der Waals surface area contributed by atoms with Crippen molar-refractivity contribution in [1.82, 2.24) is 25.2 Å². The smallest absolute Gasteiger partial charge is 0.0964 e. The van der Waals surface area contributed by atoms with Crippen molar-refractivity contribution < 1.29 is 4.74 Å². The van der Waals surface area contributed by atoms with Gasteiger partial charge in [-0.05, 0) is 19.4 Å². The zero-order chi connectivity index (χ0) is 15.1. The van der Waals surface area contributed by atoms with E-state index in [-0.39, 0.29) is 0 Å². The molecule has 0 bridgehead atoms. The predicted molar refractivity (Wildman–Crippen MR) is 83.1 cm³/mol. The third kappa shape index (κ3) is 5.73. The third-order valence-electron chi connectivity index (χ3n) is 3.86. The van der Waals surface area contributed by atoms with Gasteiger partial charge in [0.05, 0.1) is 18.3 Å². The zero-order valence-corrected chi connectivity index (χ0v) is 13.6. The maximum Gasteiger partial charge on any atom is 0.0964 e. The van der Waals surface area contributed by atoms with Gasteiger partial charge in [0, 0.05) is 38.5 Å². The third-order valence-corrected chi connectivity index (χ3v) is 3.86. The van der Waals surface area contributed by atoms with E-state index in [1.165, 1.54) is 12.8 Å². The lowest BCUT2D eigenvalue weighted by atomic mass is 10.2. The summed E-state index contributed by atoms with van der Waals surface area (Å²) >= 11 is 0. The highest BCUT2D eigenvalue weighted by atomic mass is 16.5. The first-order valence-corrected chi connectivity index (χ1v) is 8.13. The Morgan fingerprint density at radius 3 is 3.05 bits per heavy atom. The van der Waals surface area contributed by atoms with Crippen LogP contribution in [0, 0.1) is 0 Å². The Hall–Kier alpha value is -0.980. The minimum atomic E-state index is 0.423. The first-order valence-electron chi connectivity index (χ1n) is 8.13. The molecule has 120 valence electrons. The van der Waals surface area contributed by atoms with Crippen molar-refractivity contribution in [3.63, 3.8) is 0 Å². The van der Waals surface area contributed by atoms with Crippen molar-refractivity contribution in [2.45, 2.75) is 58.8 Å². The van der Waals surface area contributed by atoms with Crippen LogP contribution in [0.1, 0.15) is 39.3 Å². The highest BCUT2D eigenvalue weighted by Gasteiger charge is 2.18. The second kappa shape index (κ2) is 8.46. The molecular weight excluding hydrogens is 266 g/mol. The Kier molecular flexibility index (Phi) is 6.60. The molecule has 0 aliphatic carbocycles. The number of likely N-dealkylation sites (N-methyl/N-ethyl adjacent to an activating group) is 1. The largest absolute Gasteiger partial charge is 0.377 e. The first kappa shape index (κ1) is 16.4. The summed E-state index contributed by atoms with van der Waals surface area (Å²) in [6, 6.07) is 0.470. The maximum atomic E-state index is 5.71. The summed E-state index contributed by atoms with van der Waals surface area (Å²) in [6.45, 7) is 12.1. The number of hydrogen-bond acceptors (Lipinski definition) is 5. The number of nitrogens with one attached hydrogen (secondary N) is 1. The van der Waals surface area contributed by atoms with Gasteiger partial charge < -0.3 is 10.1 Å². The average Bonchev–Trinajstić information content (AvgIpc) is 3.12. The lowest BCUT2D eigenvalue weighted by Gasteiger charge is -2.23. The topological polar surface area (TPSA) is 55.2 Å². The number of nitrogens with zero attached hydrogens (tertiary/aromatic N) is 4. The van der Waals surface area contributed by atoms with Crippen LogP contribution in [-0.4, -0.2) is 58.3 Å². The number of ether oxygens (including phenoxy) is 1. The highest BCUT2D eigenvalue weighted by molar-refractivity contribution is 4.91. The van der Waals surface area contributed by atoms with Gasteiger partial charge in [-0.1, -0.05) is 26.0 Å². The van der Waals surface area contributed by atoms with Gasteiger partial charge in [0.2, 0.25) is 0 Å². The van der Waals surface area contributed by atoms with Gasteiger partial charge in [-0.2, -0.15) is 0 Å². The highest BCUT2D eigenvalue weighted by Crippen LogP contribution is 2.13. The van der Waals surface area contributed by atoms with Crippen LogP contribution in [0.5, 0.6) is 0 Å². The van der Waals surface area contributed by atoms with Gasteiger partial charge in [0.1, 0.15) is 0 Å². The van der Waals surface area contributed by atoms with Crippen molar-refractivity contribution in [2.75, 3.05) is 26.2 Å². The van der Waals surface area contributed by atoms with Gasteiger partial charge in [0.25, 0.3) is 0 Å². The summed E-state index contributed by atoms with van der Waals surface area (Å²) in [7, 11) is 0. The molecule has 1 aromatic rings. The fourth-order valence-electron chi connectivity index (χ4n) is 2.54. The molecular formula is C15H29N5O. The molecule has 0 spiro atoms. The standard InChI is InChI=1S/C15H29N5O/c1-4-19(12-15-6-5-9-21-15)7-8-20-11-14(17-18-20)10-16-13(2)3/h11,13,15-16H,4-10,12H2,1-3H3. The van der Waals surface area contributed by atoms with E-state index in [2.05, 4.69) is 41.3 Å². The summed E-state index contributed by atoms with van der Waals surface area (Å²) in [5.74, 6) is 0. The van der Waals surface area contributed by atoms with Crippen molar-refractivity contribution >= 4 is 0 Å². The molecule has 0 radical (unpaired) electrons. The molecule has 1 aliphatic heterocycles. The molecule has 0 amide bonds. The molecule has 1 aliphatic rings. The van der Waals surface area contributed by atoms with E-state index in [1.54, 1.807) is 0 Å². The van der Waals surface area contributed by atoms with E-state index >= 15 is 0 Å². The Bertz CT molecular complexity index is 401. The summed E-state index contributed by atoms with van der Waals surface area (Å²) in [5, 5.41) is 11.8. The minimum Gasteiger partial charge on any atom is -0.377 e. The Labute approximate surface area is 127 Å². The Morgan fingerprint density at radius 1 is 1.52 bits per heavy atom. The van der Waals surface area contributed by atoms with E-state index in [9.17, 15) is 0 Å². The van der Waals surface area contributed by atoms with Gasteiger partial charge in [-0.3, -0.25) is 9.58 Å². The Balaban J connectivity index is 1.72. The molecule has 1 atom stereocenters. The molecule has 1 saturated heterocycles. The van der Waals surface area contributed by atoms with Crippen LogP contribution in [0.3, 0.4) is 0 Å². The molecule has 6 nitrogen and oxygen atoms in total. The number of hydrogen-bond donors (Lipinski definition) is 1. The second-order valence-electron chi connectivity index (χ2n) is 6.04. The van der Waals surface area contributed by atoms with E-state index in [1.807, 2.05) is 10.9 Å². The quantitative estimate of drug-likeness (QED) is 0.744. The second-order valence-corrected chi connectivity index (χ2v) is 6.04. The molecule has 1 N–H and O–H groups in total. The number of aromatic nitrogens is 3. The monoisotopic (exact) mass is 295 g/mol. The first-order chi connectivity index (χ1) is 10.2. The molecule has 1 fully saturated rings. The van der Waals surface area contributed by atoms with Crippen LogP contribution in [0.4, 0.5) is 0 Å². The molecule has 1 aromatic heterocycles. The van der Waals surface area contributed by atoms with Gasteiger partial charge >= 0.3 is 0 Å². The molecule has 21 heavy (non-hydrogen) atoms. The SMILES string of the molecule is CCN(CCn1cc(CNC(C)C)nn1)CC1CCCO1. The van der Waals surface area contributed by atoms with E-state index in [4.69, 9.17) is 4.74 Å². The maximum absolute atomic E-state index is 5.71. The van der Waals surface area contributed by atoms with Crippen molar-refractivity contribution in [1.29, 1.82) is 0 Å². The fraction of sp³-hybridized carbons (Fsp3) is 0.867. The van der Waals surface area contributed by atoms with Gasteiger partial charge in [0.15, 0.2) is 0 Å². The molecule has 0 saturated carbocycles. The van der Waals surface area contributed by atoms with Crippen LogP contribution >= 0.6 is 0 Å². The summed E-state index contributed by atoms with van der Waals surface area (Å²) in [5.41, 5.74) is 1.01. The molecule has 2 heterocycles. The summed E-state index contributed by atoms with van der Waals surface area (Å²) in [6.07, 6.45) is 4.86. The normalized spacial score (nSPS) is 19.0. The molecule has 1 unspecified atom stereocenters. The van der Waals surface area contributed by atoms with Crippen LogP contribution in [0.2, 0.25) is 0 Å². The lowest BCUT2D eigenvalue weighted by molar-refractivity contribution is 0.0733. The zero-order valence-electron chi connectivity index (χ0n) is 13.6. The molecule has 0 aromatic carbocycles. The Morgan fingerprint density at radius 2 is 2.38 bits per heavy atom. The van der Waals surface area contributed by atoms with Crippen LogP contribution < -0.4 is 5.32 Å². The van der Waals surface area contributed by atoms with Crippen LogP contribution in [0.15, 0.2) is 6.20 Å². The molecule has 6 heteroatoms. The van der Waals surface area contributed by atoms with E-state index in [0.717, 1.165) is 45.0 Å². The molecule has 2 rings (SSSR count). The summed E-state index contributed by atoms with van der Waals surface area (Å²) < 4.78 is 7.65. The fourth-order valence-corrected chi connectivity index (χ4v) is 2.54. The van der Waals surface area contributed by atoms with E-state index < -0.39 is 0 Å². The average molecular weight is 295 g/mol. The van der Waals surface area contributed by atoms with Crippen molar-refractivity contribution in [2.24, 2.45) is 0 Å². The van der Waals surface area contributed by atoms with E-state index in [0.29, 0.717) is 12.1 Å². The van der Waals surface area contributed by atoms with Crippen molar-refractivity contribution in [3.05, 3.63) is 11.9 Å². The van der Waals surface area contributed by atoms with Gasteiger partial charge in [-0.25, -0.2) is 0 Å².